The van der Waals surface area contributed by atoms with Crippen LogP contribution in [-0.2, 0) is 21.3 Å². The van der Waals surface area contributed by atoms with Gasteiger partial charge in [-0.2, -0.15) is 13.7 Å². The largest absolute Gasteiger partial charge is 0.347 e. The van der Waals surface area contributed by atoms with Gasteiger partial charge in [0.1, 0.15) is 6.07 Å². The summed E-state index contributed by atoms with van der Waals surface area (Å²) in [4.78, 5) is 0. The minimum Gasteiger partial charge on any atom is -0.347 e. The van der Waals surface area contributed by atoms with E-state index in [4.69, 9.17) is 9.92 Å². The van der Waals surface area contributed by atoms with Crippen molar-refractivity contribution in [2.75, 3.05) is 6.26 Å². The summed E-state index contributed by atoms with van der Waals surface area (Å²) in [5.74, 6) is 0. The third-order valence-electron chi connectivity index (χ3n) is 3.38. The SMILES string of the molecule is Cc1cc(C#N)c(-c2ccc(C(N)OS(C)(=O)=O)cc2)n1C. The number of nitriles is 1. The smallest absolute Gasteiger partial charge is 0.266 e. The molecular weight excluding hydrogens is 302 g/mol. The molecule has 0 aliphatic carbocycles. The van der Waals surface area contributed by atoms with Gasteiger partial charge >= 0.3 is 0 Å². The minimum absolute atomic E-state index is 0.540. The first kappa shape index (κ1) is 16.2. The van der Waals surface area contributed by atoms with Crippen LogP contribution >= 0.6 is 0 Å². The maximum Gasteiger partial charge on any atom is 0.266 e. The first-order valence-corrected chi connectivity index (χ1v) is 8.35. The van der Waals surface area contributed by atoms with Crippen molar-refractivity contribution in [1.29, 1.82) is 5.26 Å². The van der Waals surface area contributed by atoms with E-state index in [0.29, 0.717) is 11.1 Å². The molecule has 0 aliphatic rings. The van der Waals surface area contributed by atoms with Gasteiger partial charge in [0.25, 0.3) is 10.1 Å². The van der Waals surface area contributed by atoms with Gasteiger partial charge in [0.05, 0.1) is 17.5 Å². The third kappa shape index (κ3) is 3.36. The quantitative estimate of drug-likeness (QED) is 0.684. The van der Waals surface area contributed by atoms with Crippen molar-refractivity contribution >= 4 is 10.1 Å². The second-order valence-corrected chi connectivity index (χ2v) is 6.66. The Morgan fingerprint density at radius 3 is 2.41 bits per heavy atom. The van der Waals surface area contributed by atoms with Crippen LogP contribution in [0.5, 0.6) is 0 Å². The fraction of sp³-hybridized carbons (Fsp3) is 0.267. The summed E-state index contributed by atoms with van der Waals surface area (Å²) in [5, 5.41) is 9.22. The Labute approximate surface area is 129 Å². The van der Waals surface area contributed by atoms with E-state index < -0.39 is 16.3 Å². The van der Waals surface area contributed by atoms with Crippen LogP contribution in [0.25, 0.3) is 11.3 Å². The Bertz CT molecular complexity index is 830. The van der Waals surface area contributed by atoms with Crippen LogP contribution < -0.4 is 5.73 Å². The fourth-order valence-electron chi connectivity index (χ4n) is 2.24. The number of hydrogen-bond donors (Lipinski definition) is 1. The zero-order valence-corrected chi connectivity index (χ0v) is 13.4. The van der Waals surface area contributed by atoms with E-state index in [1.807, 2.05) is 24.6 Å². The lowest BCUT2D eigenvalue weighted by Crippen LogP contribution is -2.18. The molecule has 0 radical (unpaired) electrons. The van der Waals surface area contributed by atoms with Gasteiger partial charge in [0.2, 0.25) is 0 Å². The summed E-state index contributed by atoms with van der Waals surface area (Å²) in [7, 11) is -1.73. The van der Waals surface area contributed by atoms with Crippen LogP contribution in [-0.4, -0.2) is 19.2 Å². The predicted molar refractivity (Wildman–Crippen MR) is 83.2 cm³/mol. The molecule has 2 aromatic rings. The summed E-state index contributed by atoms with van der Waals surface area (Å²) < 4.78 is 28.9. The molecule has 1 atom stereocenters. The van der Waals surface area contributed by atoms with Gasteiger partial charge in [-0.15, -0.1) is 0 Å². The molecule has 0 spiro atoms. The highest BCUT2D eigenvalue weighted by Gasteiger charge is 2.15. The summed E-state index contributed by atoms with van der Waals surface area (Å²) in [6.45, 7) is 1.93. The molecule has 0 saturated carbocycles. The fourth-order valence-corrected chi connectivity index (χ4v) is 2.73. The van der Waals surface area contributed by atoms with Crippen LogP contribution in [0.2, 0.25) is 0 Å². The van der Waals surface area contributed by atoms with E-state index in [1.54, 1.807) is 24.3 Å². The highest BCUT2D eigenvalue weighted by atomic mass is 32.2. The Kier molecular flexibility index (Phi) is 4.37. The lowest BCUT2D eigenvalue weighted by molar-refractivity contribution is 0.224. The van der Waals surface area contributed by atoms with E-state index >= 15 is 0 Å². The third-order valence-corrected chi connectivity index (χ3v) is 3.94. The lowest BCUT2D eigenvalue weighted by atomic mass is 10.1. The minimum atomic E-state index is -3.62. The standard InChI is InChI=1S/C15H17N3O3S/c1-10-8-13(9-16)14(18(10)2)11-4-6-12(7-5-11)15(17)21-22(3,19)20/h4-8,15H,17H2,1-3H3. The Balaban J connectivity index is 2.36. The van der Waals surface area contributed by atoms with Crippen molar-refractivity contribution in [3.8, 4) is 17.3 Å². The van der Waals surface area contributed by atoms with Crippen LogP contribution in [0.15, 0.2) is 30.3 Å². The zero-order valence-electron chi connectivity index (χ0n) is 12.6. The molecular formula is C15H17N3O3S. The van der Waals surface area contributed by atoms with Crippen molar-refractivity contribution < 1.29 is 12.6 Å². The molecule has 2 rings (SSSR count). The molecule has 0 aliphatic heterocycles. The van der Waals surface area contributed by atoms with Crippen molar-refractivity contribution in [2.45, 2.75) is 13.2 Å². The van der Waals surface area contributed by atoms with Gasteiger partial charge in [0, 0.05) is 12.7 Å². The molecule has 1 heterocycles. The van der Waals surface area contributed by atoms with E-state index in [9.17, 15) is 13.7 Å². The number of aryl methyl sites for hydroxylation is 1. The molecule has 1 aromatic carbocycles. The Morgan fingerprint density at radius 2 is 1.91 bits per heavy atom. The van der Waals surface area contributed by atoms with E-state index in [1.165, 1.54) is 0 Å². The maximum atomic E-state index is 11.1. The van der Waals surface area contributed by atoms with Crippen molar-refractivity contribution in [3.63, 3.8) is 0 Å². The molecule has 0 fully saturated rings. The lowest BCUT2D eigenvalue weighted by Gasteiger charge is -2.12. The van der Waals surface area contributed by atoms with Crippen LogP contribution in [0.3, 0.4) is 0 Å². The molecule has 0 amide bonds. The number of hydrogen-bond acceptors (Lipinski definition) is 5. The zero-order chi connectivity index (χ0) is 16.5. The molecule has 1 aromatic heterocycles. The van der Waals surface area contributed by atoms with E-state index in [-0.39, 0.29) is 0 Å². The van der Waals surface area contributed by atoms with Gasteiger partial charge in [-0.3, -0.25) is 0 Å². The number of rotatable bonds is 4. The van der Waals surface area contributed by atoms with Crippen molar-refractivity contribution in [1.82, 2.24) is 4.57 Å². The summed E-state index contributed by atoms with van der Waals surface area (Å²) >= 11 is 0. The first-order valence-electron chi connectivity index (χ1n) is 6.53. The van der Waals surface area contributed by atoms with Crippen LogP contribution in [0.1, 0.15) is 23.0 Å². The molecule has 0 saturated heterocycles. The highest BCUT2D eigenvalue weighted by molar-refractivity contribution is 7.86. The second-order valence-electron chi connectivity index (χ2n) is 5.06. The van der Waals surface area contributed by atoms with Crippen LogP contribution in [0, 0.1) is 18.3 Å². The molecule has 6 nitrogen and oxygen atoms in total. The molecule has 22 heavy (non-hydrogen) atoms. The van der Waals surface area contributed by atoms with Gasteiger partial charge in [-0.05, 0) is 24.1 Å². The molecule has 116 valence electrons. The maximum absolute atomic E-state index is 11.1. The second kappa shape index (κ2) is 5.93. The molecule has 7 heteroatoms. The van der Waals surface area contributed by atoms with Gasteiger partial charge in [0.15, 0.2) is 6.23 Å². The van der Waals surface area contributed by atoms with E-state index in [2.05, 4.69) is 6.07 Å². The summed E-state index contributed by atoms with van der Waals surface area (Å²) in [5.41, 5.74) is 9.47. The topological polar surface area (TPSA) is 98.1 Å². The molecule has 1 unspecified atom stereocenters. The average Bonchev–Trinajstić information content (AvgIpc) is 2.72. The average molecular weight is 319 g/mol. The van der Waals surface area contributed by atoms with Gasteiger partial charge < -0.3 is 10.3 Å². The van der Waals surface area contributed by atoms with E-state index in [0.717, 1.165) is 23.2 Å². The number of nitrogens with zero attached hydrogens (tertiary/aromatic N) is 2. The van der Waals surface area contributed by atoms with Gasteiger partial charge in [-0.1, -0.05) is 24.3 Å². The summed E-state index contributed by atoms with van der Waals surface area (Å²) in [6, 6.07) is 11.0. The monoisotopic (exact) mass is 319 g/mol. The van der Waals surface area contributed by atoms with Crippen molar-refractivity contribution in [2.24, 2.45) is 12.8 Å². The summed E-state index contributed by atoms with van der Waals surface area (Å²) in [6.07, 6.45) is -0.0951. The molecule has 2 N–H and O–H groups in total. The number of benzene rings is 1. The van der Waals surface area contributed by atoms with Gasteiger partial charge in [-0.25, -0.2) is 4.18 Å². The van der Waals surface area contributed by atoms with Crippen LogP contribution in [0.4, 0.5) is 0 Å². The predicted octanol–water partition coefficient (Wildman–Crippen LogP) is 1.81. The number of aromatic nitrogens is 1. The number of nitrogens with two attached hydrogens (primary N) is 1. The normalized spacial score (nSPS) is 12.9. The first-order chi connectivity index (χ1) is 10.2. The van der Waals surface area contributed by atoms with Crippen molar-refractivity contribution in [3.05, 3.63) is 47.2 Å². The molecule has 0 bridgehead atoms. The Hall–Kier alpha value is -2.14. The Morgan fingerprint density at radius 1 is 1.32 bits per heavy atom. The highest BCUT2D eigenvalue weighted by Crippen LogP contribution is 2.27.